The molecule has 0 heterocycles. The molecule has 0 bridgehead atoms. The highest BCUT2D eigenvalue weighted by molar-refractivity contribution is 9.09. The number of hydrogen-bond acceptors (Lipinski definition) is 5. The first-order valence-corrected chi connectivity index (χ1v) is 6.09. The van der Waals surface area contributed by atoms with Gasteiger partial charge in [-0.3, -0.25) is 25.0 Å². The molecule has 1 unspecified atom stereocenters. The van der Waals surface area contributed by atoms with E-state index < -0.39 is 27.1 Å². The van der Waals surface area contributed by atoms with E-state index >= 15 is 0 Å². The topological polar surface area (TPSA) is 115 Å². The van der Waals surface area contributed by atoms with Crippen molar-refractivity contribution in [1.82, 2.24) is 5.32 Å². The first-order valence-electron chi connectivity index (χ1n) is 5.17. The van der Waals surface area contributed by atoms with Crippen LogP contribution in [0, 0.1) is 20.2 Å². The van der Waals surface area contributed by atoms with E-state index in [1.54, 1.807) is 6.92 Å². The Morgan fingerprint density at radius 1 is 1.26 bits per heavy atom. The summed E-state index contributed by atoms with van der Waals surface area (Å²) in [4.78, 5) is 31.5. The Hall–Kier alpha value is -2.03. The number of carbonyl (C=O) groups is 1. The number of rotatable bonds is 5. The summed E-state index contributed by atoms with van der Waals surface area (Å²) in [6, 6.07) is 2.81. The van der Waals surface area contributed by atoms with Gasteiger partial charge in [0.15, 0.2) is 0 Å². The van der Waals surface area contributed by atoms with Gasteiger partial charge >= 0.3 is 0 Å². The van der Waals surface area contributed by atoms with E-state index in [4.69, 9.17) is 0 Å². The van der Waals surface area contributed by atoms with Crippen LogP contribution in [-0.2, 0) is 0 Å². The van der Waals surface area contributed by atoms with Gasteiger partial charge in [0.25, 0.3) is 17.3 Å². The number of nitrogens with zero attached hydrogens (tertiary/aromatic N) is 2. The Bertz CT molecular complexity index is 500. The average Bonchev–Trinajstić information content (AvgIpc) is 2.35. The molecule has 0 aliphatic carbocycles. The van der Waals surface area contributed by atoms with Crippen molar-refractivity contribution in [3.05, 3.63) is 44.0 Å². The molecule has 0 radical (unpaired) electrons. The van der Waals surface area contributed by atoms with E-state index in [0.29, 0.717) is 6.54 Å². The number of nitrogens with one attached hydrogen (secondary N) is 1. The van der Waals surface area contributed by atoms with Crippen LogP contribution in [0.1, 0.15) is 17.3 Å². The summed E-state index contributed by atoms with van der Waals surface area (Å²) in [6.45, 7) is 2.10. The fraction of sp³-hybridized carbons (Fsp3) is 0.300. The first kappa shape index (κ1) is 15.0. The van der Waals surface area contributed by atoms with E-state index in [0.717, 1.165) is 18.2 Å². The lowest BCUT2D eigenvalue weighted by molar-refractivity contribution is -0.394. The maximum absolute atomic E-state index is 11.7. The Morgan fingerprint density at radius 3 is 2.11 bits per heavy atom. The van der Waals surface area contributed by atoms with E-state index in [1.807, 2.05) is 0 Å². The third kappa shape index (κ3) is 4.28. The molecule has 0 aliphatic rings. The zero-order valence-electron chi connectivity index (χ0n) is 9.83. The molecule has 102 valence electrons. The molecular weight excluding hydrogens is 322 g/mol. The van der Waals surface area contributed by atoms with Crippen LogP contribution in [-0.4, -0.2) is 27.1 Å². The minimum Gasteiger partial charge on any atom is -0.351 e. The SMILES string of the molecule is CC(Br)CNC(=O)c1cc([N+](=O)[O-])cc([N+](=O)[O-])c1. The second kappa shape index (κ2) is 6.23. The Labute approximate surface area is 116 Å². The van der Waals surface area contributed by atoms with Crippen molar-refractivity contribution < 1.29 is 14.6 Å². The van der Waals surface area contributed by atoms with Gasteiger partial charge in [-0.15, -0.1) is 0 Å². The van der Waals surface area contributed by atoms with E-state index in [-0.39, 0.29) is 10.4 Å². The number of alkyl halides is 1. The van der Waals surface area contributed by atoms with E-state index in [2.05, 4.69) is 21.2 Å². The zero-order chi connectivity index (χ0) is 14.6. The lowest BCUT2D eigenvalue weighted by atomic mass is 10.1. The van der Waals surface area contributed by atoms with Crippen molar-refractivity contribution in [2.75, 3.05) is 6.54 Å². The molecule has 0 saturated heterocycles. The molecule has 0 aliphatic heterocycles. The van der Waals surface area contributed by atoms with Crippen molar-refractivity contribution in [1.29, 1.82) is 0 Å². The van der Waals surface area contributed by atoms with Crippen LogP contribution in [0.4, 0.5) is 11.4 Å². The molecular formula is C10H10BrN3O5. The summed E-state index contributed by atoms with van der Waals surface area (Å²) in [6.07, 6.45) is 0. The van der Waals surface area contributed by atoms with Crippen LogP contribution >= 0.6 is 15.9 Å². The molecule has 1 atom stereocenters. The van der Waals surface area contributed by atoms with Crippen molar-refractivity contribution in [2.24, 2.45) is 0 Å². The molecule has 1 aromatic carbocycles. The van der Waals surface area contributed by atoms with Crippen LogP contribution in [0.5, 0.6) is 0 Å². The van der Waals surface area contributed by atoms with Gasteiger partial charge in [0, 0.05) is 23.5 Å². The largest absolute Gasteiger partial charge is 0.351 e. The number of hydrogen-bond donors (Lipinski definition) is 1. The molecule has 1 amide bonds. The van der Waals surface area contributed by atoms with Crippen LogP contribution in [0.3, 0.4) is 0 Å². The van der Waals surface area contributed by atoms with E-state index in [9.17, 15) is 25.0 Å². The third-order valence-electron chi connectivity index (χ3n) is 2.13. The lowest BCUT2D eigenvalue weighted by Crippen LogP contribution is -2.28. The highest BCUT2D eigenvalue weighted by atomic mass is 79.9. The molecule has 0 aromatic heterocycles. The van der Waals surface area contributed by atoms with Gasteiger partial charge in [0.1, 0.15) is 0 Å². The van der Waals surface area contributed by atoms with Gasteiger partial charge < -0.3 is 5.32 Å². The van der Waals surface area contributed by atoms with Gasteiger partial charge in [0.05, 0.1) is 21.5 Å². The smallest absolute Gasteiger partial charge is 0.277 e. The minimum atomic E-state index is -0.781. The standard InChI is InChI=1S/C10H10BrN3O5/c1-6(11)5-12-10(15)7-2-8(13(16)17)4-9(3-7)14(18)19/h2-4,6H,5H2,1H3,(H,12,15). The molecule has 0 saturated carbocycles. The molecule has 9 heteroatoms. The number of nitro groups is 2. The van der Waals surface area contributed by atoms with Crippen LogP contribution in [0.25, 0.3) is 0 Å². The fourth-order valence-electron chi connectivity index (χ4n) is 1.27. The average molecular weight is 332 g/mol. The van der Waals surface area contributed by atoms with E-state index in [1.165, 1.54) is 0 Å². The van der Waals surface area contributed by atoms with Crippen molar-refractivity contribution >= 4 is 33.2 Å². The molecule has 19 heavy (non-hydrogen) atoms. The highest BCUT2D eigenvalue weighted by Crippen LogP contribution is 2.22. The summed E-state index contributed by atoms with van der Waals surface area (Å²) < 4.78 is 0. The predicted molar refractivity (Wildman–Crippen MR) is 70.5 cm³/mol. The minimum absolute atomic E-state index is 0.0186. The number of non-ortho nitro benzene ring substituents is 2. The van der Waals surface area contributed by atoms with Crippen LogP contribution in [0.2, 0.25) is 0 Å². The molecule has 0 fully saturated rings. The van der Waals surface area contributed by atoms with Gasteiger partial charge in [-0.25, -0.2) is 0 Å². The van der Waals surface area contributed by atoms with Crippen LogP contribution in [0.15, 0.2) is 18.2 Å². The number of carbonyl (C=O) groups excluding carboxylic acids is 1. The maximum atomic E-state index is 11.7. The quantitative estimate of drug-likeness (QED) is 0.503. The Kier molecular flexibility index (Phi) is 4.93. The van der Waals surface area contributed by atoms with Gasteiger partial charge in [-0.2, -0.15) is 0 Å². The fourth-order valence-corrected chi connectivity index (χ4v) is 1.43. The Morgan fingerprint density at radius 2 is 1.74 bits per heavy atom. The summed E-state index contributed by atoms with van der Waals surface area (Å²) in [5.41, 5.74) is -1.11. The monoisotopic (exact) mass is 331 g/mol. The number of benzene rings is 1. The number of halogens is 1. The molecule has 8 nitrogen and oxygen atoms in total. The summed E-state index contributed by atoms with van der Waals surface area (Å²) in [5, 5.41) is 23.8. The molecule has 1 rings (SSSR count). The predicted octanol–water partition coefficient (Wildman–Crippen LogP) is 2.02. The highest BCUT2D eigenvalue weighted by Gasteiger charge is 2.19. The van der Waals surface area contributed by atoms with Gasteiger partial charge in [0.2, 0.25) is 0 Å². The Balaban J connectivity index is 3.09. The van der Waals surface area contributed by atoms with Gasteiger partial charge in [-0.05, 0) is 0 Å². The van der Waals surface area contributed by atoms with Crippen molar-refractivity contribution in [2.45, 2.75) is 11.8 Å². The maximum Gasteiger partial charge on any atom is 0.277 e. The normalized spacial score (nSPS) is 11.7. The number of nitro benzene ring substituents is 2. The van der Waals surface area contributed by atoms with Crippen LogP contribution < -0.4 is 5.32 Å². The summed E-state index contributed by atoms with van der Waals surface area (Å²) in [5.74, 6) is -0.599. The molecule has 1 aromatic rings. The summed E-state index contributed by atoms with van der Waals surface area (Å²) >= 11 is 3.22. The van der Waals surface area contributed by atoms with Crippen molar-refractivity contribution in [3.8, 4) is 0 Å². The van der Waals surface area contributed by atoms with Gasteiger partial charge in [-0.1, -0.05) is 22.9 Å². The second-order valence-electron chi connectivity index (χ2n) is 3.74. The van der Waals surface area contributed by atoms with Crippen molar-refractivity contribution in [3.63, 3.8) is 0 Å². The number of amides is 1. The lowest BCUT2D eigenvalue weighted by Gasteiger charge is -2.06. The third-order valence-corrected chi connectivity index (χ3v) is 2.45. The second-order valence-corrected chi connectivity index (χ2v) is 5.31. The summed E-state index contributed by atoms with van der Waals surface area (Å²) in [7, 11) is 0. The molecule has 0 spiro atoms. The molecule has 1 N–H and O–H groups in total. The zero-order valence-corrected chi connectivity index (χ0v) is 11.4. The first-order chi connectivity index (χ1) is 8.81.